The lowest BCUT2D eigenvalue weighted by Crippen LogP contribution is -2.42. The molecule has 0 aliphatic rings. The van der Waals surface area contributed by atoms with Crippen molar-refractivity contribution in [3.05, 3.63) is 0 Å². The highest BCUT2D eigenvalue weighted by molar-refractivity contribution is 4.73. The molecule has 0 aromatic heterocycles. The molecule has 2 atom stereocenters. The van der Waals surface area contributed by atoms with Gasteiger partial charge < -0.3 is 10.6 Å². The van der Waals surface area contributed by atoms with Crippen LogP contribution in [0.5, 0.6) is 0 Å². The third-order valence-corrected chi connectivity index (χ3v) is 2.91. The first-order valence-electron chi connectivity index (χ1n) is 5.99. The Kier molecular flexibility index (Phi) is 7.20. The number of hydrogen-bond donors (Lipinski definition) is 1. The average Bonchev–Trinajstić information content (AvgIpc) is 2.14. The molecule has 0 aromatic carbocycles. The average molecular weight is 200 g/mol. The van der Waals surface area contributed by atoms with Gasteiger partial charge in [-0.25, -0.2) is 0 Å². The van der Waals surface area contributed by atoms with E-state index in [1.165, 1.54) is 13.0 Å². The van der Waals surface area contributed by atoms with Gasteiger partial charge in [0.2, 0.25) is 0 Å². The Morgan fingerprint density at radius 3 is 2.00 bits per heavy atom. The van der Waals surface area contributed by atoms with Crippen LogP contribution in [0, 0.1) is 11.8 Å². The first-order chi connectivity index (χ1) is 6.51. The van der Waals surface area contributed by atoms with Crippen LogP contribution < -0.4 is 5.73 Å². The zero-order chi connectivity index (χ0) is 11.1. The van der Waals surface area contributed by atoms with E-state index in [-0.39, 0.29) is 0 Å². The van der Waals surface area contributed by atoms with Crippen molar-refractivity contribution in [3.8, 4) is 0 Å². The van der Waals surface area contributed by atoms with Gasteiger partial charge in [0.05, 0.1) is 0 Å². The third-order valence-electron chi connectivity index (χ3n) is 2.91. The van der Waals surface area contributed by atoms with E-state index in [0.717, 1.165) is 19.0 Å². The molecule has 0 saturated carbocycles. The van der Waals surface area contributed by atoms with Crippen molar-refractivity contribution in [2.24, 2.45) is 17.6 Å². The van der Waals surface area contributed by atoms with Crippen molar-refractivity contribution in [1.82, 2.24) is 4.90 Å². The first kappa shape index (κ1) is 13.9. The molecule has 0 amide bonds. The van der Waals surface area contributed by atoms with Gasteiger partial charge in [0.25, 0.3) is 0 Å². The highest BCUT2D eigenvalue weighted by Gasteiger charge is 2.14. The van der Waals surface area contributed by atoms with Gasteiger partial charge in [-0.05, 0) is 18.4 Å². The van der Waals surface area contributed by atoms with E-state index in [2.05, 4.69) is 39.5 Å². The summed E-state index contributed by atoms with van der Waals surface area (Å²) in [6, 6.07) is 0.332. The van der Waals surface area contributed by atoms with Crippen LogP contribution in [0.4, 0.5) is 0 Å². The fourth-order valence-corrected chi connectivity index (χ4v) is 1.63. The lowest BCUT2D eigenvalue weighted by atomic mass is 9.99. The zero-order valence-electron chi connectivity index (χ0n) is 10.6. The molecule has 0 rings (SSSR count). The maximum absolute atomic E-state index is 6.14. The van der Waals surface area contributed by atoms with Crippen LogP contribution >= 0.6 is 0 Å². The predicted molar refractivity (Wildman–Crippen MR) is 64.4 cm³/mol. The molecule has 14 heavy (non-hydrogen) atoms. The summed E-state index contributed by atoms with van der Waals surface area (Å²) >= 11 is 0. The monoisotopic (exact) mass is 200 g/mol. The molecule has 2 heteroatoms. The molecule has 0 aromatic rings. The van der Waals surface area contributed by atoms with E-state index in [4.69, 9.17) is 5.73 Å². The fourth-order valence-electron chi connectivity index (χ4n) is 1.63. The molecule has 2 unspecified atom stereocenters. The van der Waals surface area contributed by atoms with Crippen molar-refractivity contribution in [3.63, 3.8) is 0 Å². The van der Waals surface area contributed by atoms with Crippen molar-refractivity contribution in [2.45, 2.75) is 47.1 Å². The van der Waals surface area contributed by atoms with Gasteiger partial charge >= 0.3 is 0 Å². The summed E-state index contributed by atoms with van der Waals surface area (Å²) in [6.45, 7) is 14.5. The molecule has 0 aliphatic carbocycles. The summed E-state index contributed by atoms with van der Waals surface area (Å²) < 4.78 is 0. The quantitative estimate of drug-likeness (QED) is 0.683. The third kappa shape index (κ3) is 5.61. The van der Waals surface area contributed by atoms with Crippen LogP contribution in [-0.4, -0.2) is 30.6 Å². The van der Waals surface area contributed by atoms with Crippen molar-refractivity contribution < 1.29 is 0 Å². The minimum Gasteiger partial charge on any atom is -0.326 e. The van der Waals surface area contributed by atoms with Gasteiger partial charge in [-0.2, -0.15) is 0 Å². The second kappa shape index (κ2) is 7.24. The smallest absolute Gasteiger partial charge is 0.0193 e. The standard InChI is InChI=1S/C12H28N2/c1-6-11(5)12(13)9-14(7-2)8-10(3)4/h10-12H,6-9,13H2,1-5H3. The molecule has 0 bridgehead atoms. The molecule has 0 saturated heterocycles. The molecule has 86 valence electrons. The normalized spacial score (nSPS) is 16.3. The summed E-state index contributed by atoms with van der Waals surface area (Å²) in [4.78, 5) is 2.46. The summed E-state index contributed by atoms with van der Waals surface area (Å²) in [6.07, 6.45) is 1.18. The number of nitrogens with two attached hydrogens (primary N) is 1. The van der Waals surface area contributed by atoms with Crippen LogP contribution in [0.3, 0.4) is 0 Å². The summed E-state index contributed by atoms with van der Waals surface area (Å²) in [5, 5.41) is 0. The lowest BCUT2D eigenvalue weighted by molar-refractivity contribution is 0.219. The van der Waals surface area contributed by atoms with Gasteiger partial charge in [0, 0.05) is 19.1 Å². The van der Waals surface area contributed by atoms with Gasteiger partial charge in [0.1, 0.15) is 0 Å². The van der Waals surface area contributed by atoms with E-state index in [1.807, 2.05) is 0 Å². The van der Waals surface area contributed by atoms with Crippen molar-refractivity contribution in [1.29, 1.82) is 0 Å². The Balaban J connectivity index is 3.91. The molecule has 2 nitrogen and oxygen atoms in total. The van der Waals surface area contributed by atoms with Crippen LogP contribution in [-0.2, 0) is 0 Å². The summed E-state index contributed by atoms with van der Waals surface area (Å²) in [5.74, 6) is 1.37. The van der Waals surface area contributed by atoms with Crippen molar-refractivity contribution in [2.75, 3.05) is 19.6 Å². The predicted octanol–water partition coefficient (Wildman–Crippen LogP) is 2.34. The highest BCUT2D eigenvalue weighted by Crippen LogP contribution is 2.08. The SMILES string of the molecule is CCC(C)C(N)CN(CC)CC(C)C. The minimum absolute atomic E-state index is 0.332. The maximum atomic E-state index is 6.14. The van der Waals surface area contributed by atoms with Crippen LogP contribution in [0.2, 0.25) is 0 Å². The molecule has 0 spiro atoms. The van der Waals surface area contributed by atoms with Gasteiger partial charge in [-0.3, -0.25) is 0 Å². The van der Waals surface area contributed by atoms with Gasteiger partial charge in [-0.1, -0.05) is 41.0 Å². The Morgan fingerprint density at radius 1 is 1.07 bits per heavy atom. The number of hydrogen-bond acceptors (Lipinski definition) is 2. The fraction of sp³-hybridized carbons (Fsp3) is 1.00. The molecule has 0 radical (unpaired) electrons. The Hall–Kier alpha value is -0.0800. The summed E-state index contributed by atoms with van der Waals surface area (Å²) in [7, 11) is 0. The second-order valence-corrected chi connectivity index (χ2v) is 4.80. The molecule has 2 N–H and O–H groups in total. The maximum Gasteiger partial charge on any atom is 0.0193 e. The Morgan fingerprint density at radius 2 is 1.64 bits per heavy atom. The molecule has 0 heterocycles. The number of nitrogens with zero attached hydrogens (tertiary/aromatic N) is 1. The van der Waals surface area contributed by atoms with Gasteiger partial charge in [0.15, 0.2) is 0 Å². The van der Waals surface area contributed by atoms with E-state index in [1.54, 1.807) is 0 Å². The first-order valence-corrected chi connectivity index (χ1v) is 5.99. The Labute approximate surface area is 89.9 Å². The zero-order valence-corrected chi connectivity index (χ0v) is 10.6. The van der Waals surface area contributed by atoms with Crippen LogP contribution in [0.15, 0.2) is 0 Å². The van der Waals surface area contributed by atoms with E-state index < -0.39 is 0 Å². The van der Waals surface area contributed by atoms with Crippen LogP contribution in [0.25, 0.3) is 0 Å². The minimum atomic E-state index is 0.332. The van der Waals surface area contributed by atoms with Gasteiger partial charge in [-0.15, -0.1) is 0 Å². The summed E-state index contributed by atoms with van der Waals surface area (Å²) in [5.41, 5.74) is 6.14. The van der Waals surface area contributed by atoms with Crippen molar-refractivity contribution >= 4 is 0 Å². The molecular weight excluding hydrogens is 172 g/mol. The Bertz CT molecular complexity index is 134. The van der Waals surface area contributed by atoms with Crippen LogP contribution in [0.1, 0.15) is 41.0 Å². The molecule has 0 aliphatic heterocycles. The highest BCUT2D eigenvalue weighted by atomic mass is 15.1. The molecular formula is C12H28N2. The van der Waals surface area contributed by atoms with E-state index in [9.17, 15) is 0 Å². The van der Waals surface area contributed by atoms with E-state index >= 15 is 0 Å². The lowest BCUT2D eigenvalue weighted by Gasteiger charge is -2.28. The molecule has 0 fully saturated rings. The number of likely N-dealkylation sites (N-methyl/N-ethyl adjacent to an activating group) is 1. The largest absolute Gasteiger partial charge is 0.326 e. The topological polar surface area (TPSA) is 29.3 Å². The second-order valence-electron chi connectivity index (χ2n) is 4.80. The van der Waals surface area contributed by atoms with E-state index in [0.29, 0.717) is 12.0 Å². The number of rotatable bonds is 7.